The van der Waals surface area contributed by atoms with Crippen LogP contribution in [0.3, 0.4) is 0 Å². The molecule has 3 rings (SSSR count). The maximum atomic E-state index is 16.3. The van der Waals surface area contributed by atoms with Gasteiger partial charge in [0.05, 0.1) is 82.2 Å². The summed E-state index contributed by atoms with van der Waals surface area (Å²) in [5.41, 5.74) is -2.53. The van der Waals surface area contributed by atoms with E-state index in [-0.39, 0.29) is 28.5 Å². The van der Waals surface area contributed by atoms with Crippen LogP contribution < -0.4 is 5.32 Å². The van der Waals surface area contributed by atoms with Crippen LogP contribution >= 0.6 is 11.6 Å². The molecule has 1 saturated heterocycles. The standard InChI is InChI=1S/C19H12B9ClF2N4O/c20-16(21)7-15(31,19(27,28)34-6-13-32-4-10(5-33-13)18(24,25)26)8-17(22,23)35(16)14(36)9-1-2-12(30)11(29)3-9/h1-5,34H,6-8H2. The van der Waals surface area contributed by atoms with Crippen LogP contribution in [0.4, 0.5) is 8.78 Å². The number of alkyl halides is 1. The Bertz CT molecular complexity index is 1130. The second-order valence-electron chi connectivity index (χ2n) is 9.11. The van der Waals surface area contributed by atoms with Crippen molar-refractivity contribution in [2.45, 2.75) is 46.2 Å². The van der Waals surface area contributed by atoms with Gasteiger partial charge in [0.1, 0.15) is 17.3 Å². The van der Waals surface area contributed by atoms with Crippen molar-refractivity contribution >= 4 is 88.1 Å². The lowest BCUT2D eigenvalue weighted by molar-refractivity contribution is -0.0101. The van der Waals surface area contributed by atoms with E-state index in [4.69, 9.17) is 82.2 Å². The number of likely N-dealkylation sites (tertiary alicyclic amines) is 1. The average molecular weight is 483 g/mol. The van der Waals surface area contributed by atoms with Crippen LogP contribution in [-0.2, 0) is 11.7 Å². The highest BCUT2D eigenvalue weighted by molar-refractivity contribution is 6.58. The predicted molar refractivity (Wildman–Crippen MR) is 141 cm³/mol. The summed E-state index contributed by atoms with van der Waals surface area (Å²) in [5.74, 6) is -1.53. The van der Waals surface area contributed by atoms with Gasteiger partial charge in [-0.3, -0.25) is 4.79 Å². The number of hydrogen-bond donors (Lipinski definition) is 1. The first-order valence-corrected chi connectivity index (χ1v) is 10.8. The second kappa shape index (κ2) is 9.65. The molecule has 1 aromatic heterocycles. The summed E-state index contributed by atoms with van der Waals surface area (Å²) in [5, 5.41) is -6.27. The summed E-state index contributed by atoms with van der Waals surface area (Å²) in [6, 6.07) is 3.12. The Morgan fingerprint density at radius 3 is 2.06 bits per heavy atom. The normalized spacial score (nSPS) is 19.0. The molecule has 1 aliphatic rings. The summed E-state index contributed by atoms with van der Waals surface area (Å²) < 4.78 is 29.8. The molecule has 1 aromatic carbocycles. The van der Waals surface area contributed by atoms with Crippen LogP contribution in [0.5, 0.6) is 0 Å². The van der Waals surface area contributed by atoms with Gasteiger partial charge >= 0.3 is 0 Å². The minimum atomic E-state index is -2.64. The van der Waals surface area contributed by atoms with Crippen molar-refractivity contribution in [2.24, 2.45) is 0 Å². The van der Waals surface area contributed by atoms with Gasteiger partial charge in [-0.05, 0) is 52.6 Å². The Morgan fingerprint density at radius 1 is 1.06 bits per heavy atom. The predicted octanol–water partition coefficient (Wildman–Crippen LogP) is -1.41. The third-order valence-electron chi connectivity index (χ3n) is 5.81. The molecule has 1 aliphatic heterocycles. The molecule has 0 saturated carbocycles. The Kier molecular flexibility index (Phi) is 7.78. The van der Waals surface area contributed by atoms with E-state index >= 15 is 4.39 Å². The summed E-state index contributed by atoms with van der Waals surface area (Å²) in [7, 11) is 53.3. The molecule has 17 heteroatoms. The van der Waals surface area contributed by atoms with Crippen molar-refractivity contribution < 1.29 is 13.6 Å². The van der Waals surface area contributed by atoms with E-state index in [1.54, 1.807) is 0 Å². The molecule has 1 N–H and O–H groups in total. The van der Waals surface area contributed by atoms with Crippen LogP contribution in [0.2, 0.25) is 5.02 Å². The first-order valence-electron chi connectivity index (χ1n) is 10.4. The fraction of sp³-hybridized carbons (Fsp3) is 0.421. The topological polar surface area (TPSA) is 58.1 Å². The highest BCUT2D eigenvalue weighted by Crippen LogP contribution is 2.45. The smallest absolute Gasteiger partial charge is 0.252 e. The molecule has 0 atom stereocenters. The monoisotopic (exact) mass is 484 g/mol. The molecule has 0 bridgehead atoms. The lowest BCUT2D eigenvalue weighted by atomic mass is 9.38. The van der Waals surface area contributed by atoms with Crippen molar-refractivity contribution in [3.8, 4) is 0 Å². The molecule has 0 aliphatic carbocycles. The Balaban J connectivity index is 1.82. The van der Waals surface area contributed by atoms with E-state index in [1.807, 2.05) is 0 Å². The molecular formula is C19H12B9ClF2N4O. The van der Waals surface area contributed by atoms with E-state index in [0.717, 1.165) is 18.2 Å². The average Bonchev–Trinajstić information content (AvgIpc) is 2.71. The molecule has 1 amide bonds. The number of carbonyl (C=O) groups is 1. The molecule has 2 aromatic rings. The summed E-state index contributed by atoms with van der Waals surface area (Å²) >= 11 is 5.76. The first kappa shape index (κ1) is 29.0. The minimum Gasteiger partial charge on any atom is -0.362 e. The van der Waals surface area contributed by atoms with E-state index in [2.05, 4.69) is 15.3 Å². The van der Waals surface area contributed by atoms with Gasteiger partial charge in [0, 0.05) is 18.0 Å². The van der Waals surface area contributed by atoms with Crippen LogP contribution in [0.15, 0.2) is 30.6 Å². The summed E-state index contributed by atoms with van der Waals surface area (Å²) in [6.07, 6.45) is 0.996. The molecule has 162 valence electrons. The van der Waals surface area contributed by atoms with E-state index in [9.17, 15) is 9.18 Å². The van der Waals surface area contributed by atoms with Gasteiger partial charge in [-0.2, -0.15) is 0 Å². The Hall–Kier alpha value is -1.54. The van der Waals surface area contributed by atoms with Crippen molar-refractivity contribution in [1.82, 2.24) is 20.2 Å². The Labute approximate surface area is 226 Å². The van der Waals surface area contributed by atoms with E-state index in [1.165, 1.54) is 12.4 Å². The summed E-state index contributed by atoms with van der Waals surface area (Å²) in [4.78, 5) is 21.9. The van der Waals surface area contributed by atoms with Crippen LogP contribution in [0, 0.1) is 5.82 Å². The molecule has 36 heavy (non-hydrogen) atoms. The van der Waals surface area contributed by atoms with Gasteiger partial charge < -0.3 is 10.2 Å². The largest absolute Gasteiger partial charge is 0.362 e. The molecule has 2 heterocycles. The molecule has 1 fully saturated rings. The third kappa shape index (κ3) is 5.80. The fourth-order valence-corrected chi connectivity index (χ4v) is 4.17. The molecular weight excluding hydrogens is 471 g/mol. The molecule has 0 unspecified atom stereocenters. The highest BCUT2D eigenvalue weighted by atomic mass is 35.5. The number of hydrogen-bond acceptors (Lipinski definition) is 4. The number of rotatable bonds is 6. The highest BCUT2D eigenvalue weighted by Gasteiger charge is 2.57. The summed E-state index contributed by atoms with van der Waals surface area (Å²) in [6.45, 7) is -0.216. The first-order chi connectivity index (χ1) is 16.3. The van der Waals surface area contributed by atoms with Gasteiger partial charge in [0.2, 0.25) is 0 Å². The fourth-order valence-electron chi connectivity index (χ4n) is 3.99. The van der Waals surface area contributed by atoms with Gasteiger partial charge in [-0.25, -0.2) is 18.7 Å². The van der Waals surface area contributed by atoms with Crippen LogP contribution in [-0.4, -0.2) is 113 Å². The van der Waals surface area contributed by atoms with Crippen LogP contribution in [0.25, 0.3) is 0 Å². The van der Waals surface area contributed by atoms with Gasteiger partial charge in [0.15, 0.2) is 0 Å². The number of nitrogens with one attached hydrogen (secondary N) is 1. The molecule has 5 nitrogen and oxygen atoms in total. The maximum absolute atomic E-state index is 16.3. The third-order valence-corrected chi connectivity index (χ3v) is 6.10. The lowest BCUT2D eigenvalue weighted by Crippen LogP contribution is -2.77. The molecule has 0 spiro atoms. The number of aromatic nitrogens is 2. The van der Waals surface area contributed by atoms with Gasteiger partial charge in [-0.15, -0.1) is 5.11 Å². The quantitative estimate of drug-likeness (QED) is 0.514. The maximum Gasteiger partial charge on any atom is 0.252 e. The number of carbonyl (C=O) groups excluding carboxylic acids is 1. The zero-order valence-electron chi connectivity index (χ0n) is 19.1. The second-order valence-corrected chi connectivity index (χ2v) is 9.52. The number of nitrogens with zero attached hydrogens (tertiary/aromatic N) is 3. The number of halogens is 3. The van der Waals surface area contributed by atoms with Crippen molar-refractivity contribution in [3.05, 3.63) is 58.4 Å². The number of piperidine rings is 1. The SMILES string of the molecule is [B]C([B])([B])c1cnc(CNC([B])([B])C2(F)CC([B])([B])N(C(=O)c3ccc(F)c(Cl)c3)C([B])([B])C2)nc1. The van der Waals surface area contributed by atoms with E-state index < -0.39 is 51.4 Å². The lowest BCUT2D eigenvalue weighted by Gasteiger charge is -2.62. The van der Waals surface area contributed by atoms with Gasteiger partial charge in [0.25, 0.3) is 5.91 Å². The van der Waals surface area contributed by atoms with E-state index in [0.29, 0.717) is 4.90 Å². The number of benzene rings is 1. The van der Waals surface area contributed by atoms with Crippen LogP contribution in [0.1, 0.15) is 34.6 Å². The van der Waals surface area contributed by atoms with Gasteiger partial charge in [-0.1, -0.05) is 11.6 Å². The zero-order valence-corrected chi connectivity index (χ0v) is 19.8. The van der Waals surface area contributed by atoms with Crippen molar-refractivity contribution in [1.29, 1.82) is 0 Å². The zero-order chi connectivity index (χ0) is 27.3. The number of amides is 1. The Morgan fingerprint density at radius 2 is 1.58 bits per heavy atom. The minimum absolute atomic E-state index is 0.129. The van der Waals surface area contributed by atoms with Crippen molar-refractivity contribution in [3.63, 3.8) is 0 Å². The van der Waals surface area contributed by atoms with Crippen molar-refractivity contribution in [2.75, 3.05) is 0 Å². The molecule has 18 radical (unpaired) electrons.